The normalized spacial score (nSPS) is 11.7. The van der Waals surface area contributed by atoms with Crippen LogP contribution in [0.5, 0.6) is 0 Å². The number of carbonyl (C=O) groups is 1. The lowest BCUT2D eigenvalue weighted by Gasteiger charge is -2.13. The van der Waals surface area contributed by atoms with Gasteiger partial charge in [0, 0.05) is 6.08 Å². The quantitative estimate of drug-likeness (QED) is 0.580. The highest BCUT2D eigenvalue weighted by atomic mass is 32.2. The Balaban J connectivity index is 1.79. The molecule has 3 rings (SSSR count). The molecule has 0 aliphatic heterocycles. The minimum Gasteiger partial charge on any atom is -0.321 e. The highest BCUT2D eigenvalue weighted by Gasteiger charge is 2.16. The van der Waals surface area contributed by atoms with Crippen LogP contribution in [0.4, 0.5) is 15.8 Å². The van der Waals surface area contributed by atoms with Gasteiger partial charge in [0.05, 0.1) is 16.3 Å². The first-order valence-electron chi connectivity index (χ1n) is 8.77. The summed E-state index contributed by atoms with van der Waals surface area (Å²) in [5, 5.41) is 2.68. The average molecular weight is 410 g/mol. The summed E-state index contributed by atoms with van der Waals surface area (Å²) in [5.74, 6) is -0.788. The van der Waals surface area contributed by atoms with Crippen LogP contribution in [0, 0.1) is 5.82 Å². The lowest BCUT2D eigenvalue weighted by molar-refractivity contribution is -0.111. The van der Waals surface area contributed by atoms with Gasteiger partial charge in [-0.2, -0.15) is 0 Å². The van der Waals surface area contributed by atoms with E-state index in [2.05, 4.69) is 10.0 Å². The molecule has 0 aliphatic rings. The van der Waals surface area contributed by atoms with Gasteiger partial charge in [0.25, 0.3) is 10.0 Å². The van der Waals surface area contributed by atoms with Crippen LogP contribution in [0.2, 0.25) is 0 Å². The van der Waals surface area contributed by atoms with Gasteiger partial charge in [-0.05, 0) is 54.5 Å². The number of hydrogen-bond donors (Lipinski definition) is 2. The van der Waals surface area contributed by atoms with Crippen LogP contribution in [0.15, 0.2) is 89.8 Å². The highest BCUT2D eigenvalue weighted by molar-refractivity contribution is 7.92. The Kier molecular flexibility index (Phi) is 6.09. The molecule has 5 nitrogen and oxygen atoms in total. The van der Waals surface area contributed by atoms with E-state index >= 15 is 0 Å². The van der Waals surface area contributed by atoms with Gasteiger partial charge >= 0.3 is 0 Å². The number of amides is 1. The number of sulfonamides is 1. The van der Waals surface area contributed by atoms with E-state index in [9.17, 15) is 17.6 Å². The summed E-state index contributed by atoms with van der Waals surface area (Å²) in [6.07, 6.45) is 1.37. The second kappa shape index (κ2) is 8.70. The van der Waals surface area contributed by atoms with Crippen LogP contribution in [-0.4, -0.2) is 14.3 Å². The third-order valence-corrected chi connectivity index (χ3v) is 5.51. The third-order valence-electron chi connectivity index (χ3n) is 4.13. The number of hydrogen-bond acceptors (Lipinski definition) is 3. The van der Waals surface area contributed by atoms with E-state index in [1.165, 1.54) is 30.3 Å². The van der Waals surface area contributed by atoms with Crippen molar-refractivity contribution < 1.29 is 17.6 Å². The van der Waals surface area contributed by atoms with Crippen molar-refractivity contribution in [3.05, 3.63) is 96.3 Å². The van der Waals surface area contributed by atoms with Gasteiger partial charge in [0.1, 0.15) is 5.82 Å². The largest absolute Gasteiger partial charge is 0.321 e. The summed E-state index contributed by atoms with van der Waals surface area (Å²) in [7, 11) is -3.79. The maximum Gasteiger partial charge on any atom is 0.261 e. The summed E-state index contributed by atoms with van der Waals surface area (Å²) >= 11 is 0. The lowest BCUT2D eigenvalue weighted by atomic mass is 10.1. The van der Waals surface area contributed by atoms with Gasteiger partial charge in [0.2, 0.25) is 5.91 Å². The minimum atomic E-state index is -3.79. The molecular weight excluding hydrogens is 391 g/mol. The SMILES string of the molecule is C/C(=C/C(=O)Nc1ccccc1NS(=O)(=O)c1ccccc1)c1ccc(F)cc1. The van der Waals surface area contributed by atoms with Crippen molar-refractivity contribution >= 4 is 32.9 Å². The van der Waals surface area contributed by atoms with Crippen molar-refractivity contribution in [2.45, 2.75) is 11.8 Å². The highest BCUT2D eigenvalue weighted by Crippen LogP contribution is 2.25. The Morgan fingerprint density at radius 2 is 1.45 bits per heavy atom. The summed E-state index contributed by atoms with van der Waals surface area (Å²) in [4.78, 5) is 12.5. The molecule has 0 atom stereocenters. The molecule has 0 bridgehead atoms. The second-order valence-corrected chi connectivity index (χ2v) is 7.97. The second-order valence-electron chi connectivity index (χ2n) is 6.29. The van der Waals surface area contributed by atoms with Crippen molar-refractivity contribution in [1.29, 1.82) is 0 Å². The molecule has 0 spiro atoms. The molecule has 3 aromatic rings. The fraction of sp³-hybridized carbons (Fsp3) is 0.0455. The molecule has 0 fully saturated rings. The molecule has 3 aromatic carbocycles. The summed E-state index contributed by atoms with van der Waals surface area (Å²) in [6, 6.07) is 20.3. The van der Waals surface area contributed by atoms with Crippen molar-refractivity contribution in [2.24, 2.45) is 0 Å². The summed E-state index contributed by atoms with van der Waals surface area (Å²) < 4.78 is 40.7. The zero-order valence-corrected chi connectivity index (χ0v) is 16.4. The van der Waals surface area contributed by atoms with Crippen LogP contribution in [0.1, 0.15) is 12.5 Å². The Morgan fingerprint density at radius 1 is 0.862 bits per heavy atom. The van der Waals surface area contributed by atoms with Gasteiger partial charge in [-0.15, -0.1) is 0 Å². The zero-order valence-electron chi connectivity index (χ0n) is 15.6. The van der Waals surface area contributed by atoms with E-state index in [0.717, 1.165) is 0 Å². The summed E-state index contributed by atoms with van der Waals surface area (Å²) in [5.41, 5.74) is 1.92. The number of carbonyl (C=O) groups excluding carboxylic acids is 1. The van der Waals surface area contributed by atoms with Crippen molar-refractivity contribution in [3.8, 4) is 0 Å². The van der Waals surface area contributed by atoms with Crippen molar-refractivity contribution in [2.75, 3.05) is 10.0 Å². The van der Waals surface area contributed by atoms with Crippen LogP contribution < -0.4 is 10.0 Å². The standard InChI is InChI=1S/C22H19FN2O3S/c1-16(17-11-13-18(23)14-12-17)15-22(26)24-20-9-5-6-10-21(20)25-29(27,28)19-7-3-2-4-8-19/h2-15,25H,1H3,(H,24,26)/b16-15-. The molecule has 1 amide bonds. The van der Waals surface area contributed by atoms with Crippen LogP contribution >= 0.6 is 0 Å². The van der Waals surface area contributed by atoms with Crippen molar-refractivity contribution in [1.82, 2.24) is 0 Å². The van der Waals surface area contributed by atoms with Gasteiger partial charge in [-0.1, -0.05) is 42.5 Å². The monoisotopic (exact) mass is 410 g/mol. The first kappa shape index (κ1) is 20.3. The summed E-state index contributed by atoms with van der Waals surface area (Å²) in [6.45, 7) is 1.73. The molecule has 0 unspecified atom stereocenters. The number of anilines is 2. The molecule has 0 radical (unpaired) electrons. The number of allylic oxidation sites excluding steroid dienone is 1. The Labute approximate surface area is 169 Å². The minimum absolute atomic E-state index is 0.119. The number of nitrogens with one attached hydrogen (secondary N) is 2. The molecular formula is C22H19FN2O3S. The van der Waals surface area contributed by atoms with Crippen LogP contribution in [0.3, 0.4) is 0 Å². The van der Waals surface area contributed by atoms with Crippen LogP contribution in [-0.2, 0) is 14.8 Å². The van der Waals surface area contributed by atoms with Gasteiger partial charge in [-0.3, -0.25) is 9.52 Å². The van der Waals surface area contributed by atoms with E-state index in [4.69, 9.17) is 0 Å². The lowest BCUT2D eigenvalue weighted by Crippen LogP contribution is -2.16. The number of para-hydroxylation sites is 2. The molecule has 7 heteroatoms. The molecule has 0 heterocycles. The van der Waals surface area contributed by atoms with Gasteiger partial charge in [0.15, 0.2) is 0 Å². The number of rotatable bonds is 6. The third kappa shape index (κ3) is 5.30. The fourth-order valence-electron chi connectivity index (χ4n) is 2.65. The fourth-order valence-corrected chi connectivity index (χ4v) is 3.75. The van der Waals surface area contributed by atoms with E-state index in [0.29, 0.717) is 16.8 Å². The molecule has 148 valence electrons. The molecule has 29 heavy (non-hydrogen) atoms. The Morgan fingerprint density at radius 3 is 2.10 bits per heavy atom. The van der Waals surface area contributed by atoms with E-state index < -0.39 is 15.9 Å². The first-order chi connectivity index (χ1) is 13.8. The predicted molar refractivity (Wildman–Crippen MR) is 112 cm³/mol. The molecule has 2 N–H and O–H groups in total. The smallest absolute Gasteiger partial charge is 0.261 e. The van der Waals surface area contributed by atoms with E-state index in [1.807, 2.05) is 0 Å². The zero-order chi connectivity index (χ0) is 20.9. The van der Waals surface area contributed by atoms with Gasteiger partial charge in [-0.25, -0.2) is 12.8 Å². The molecule has 0 saturated heterocycles. The number of halogens is 1. The average Bonchev–Trinajstić information content (AvgIpc) is 2.70. The maximum atomic E-state index is 13.0. The molecule has 0 aliphatic carbocycles. The Bertz CT molecular complexity index is 1140. The van der Waals surface area contributed by atoms with E-state index in [-0.39, 0.29) is 16.4 Å². The first-order valence-corrected chi connectivity index (χ1v) is 10.3. The maximum absolute atomic E-state index is 13.0. The number of benzene rings is 3. The van der Waals surface area contributed by atoms with Gasteiger partial charge < -0.3 is 5.32 Å². The van der Waals surface area contributed by atoms with Crippen molar-refractivity contribution in [3.63, 3.8) is 0 Å². The van der Waals surface area contributed by atoms with E-state index in [1.54, 1.807) is 61.5 Å². The van der Waals surface area contributed by atoms with Crippen LogP contribution in [0.25, 0.3) is 5.57 Å². The topological polar surface area (TPSA) is 75.3 Å². The molecule has 0 saturated carbocycles. The Hall–Kier alpha value is -3.45. The molecule has 0 aromatic heterocycles. The predicted octanol–water partition coefficient (Wildman–Crippen LogP) is 4.67.